The third-order valence-electron chi connectivity index (χ3n) is 4.92. The highest BCUT2D eigenvalue weighted by atomic mass is 16.5. The molecule has 4 rings (SSSR count). The van der Waals surface area contributed by atoms with E-state index in [2.05, 4.69) is 4.90 Å². The second-order valence-electron chi connectivity index (χ2n) is 6.62. The van der Waals surface area contributed by atoms with Crippen molar-refractivity contribution in [2.75, 3.05) is 36.9 Å². The van der Waals surface area contributed by atoms with Crippen molar-refractivity contribution >= 4 is 17.3 Å². The molecule has 3 aromatic rings. The van der Waals surface area contributed by atoms with E-state index in [1.165, 1.54) is 4.40 Å². The fourth-order valence-electron chi connectivity index (χ4n) is 3.44. The molecule has 26 heavy (non-hydrogen) atoms. The number of nitrogens with two attached hydrogens (primary N) is 1. The monoisotopic (exact) mass is 350 g/mol. The predicted molar refractivity (Wildman–Crippen MR) is 104 cm³/mol. The van der Waals surface area contributed by atoms with Gasteiger partial charge in [0.25, 0.3) is 5.56 Å². The molecular formula is C20H22N4O2. The number of aryl methyl sites for hydroxylation is 1. The maximum atomic E-state index is 13.1. The maximum Gasteiger partial charge on any atom is 0.264 e. The minimum atomic E-state index is -0.116. The molecule has 6 heteroatoms. The zero-order valence-corrected chi connectivity index (χ0v) is 15.0. The number of hydrogen-bond acceptors (Lipinski definition) is 5. The van der Waals surface area contributed by atoms with E-state index < -0.39 is 0 Å². The van der Waals surface area contributed by atoms with Gasteiger partial charge in [-0.05, 0) is 31.0 Å². The van der Waals surface area contributed by atoms with Crippen LogP contribution in [0.25, 0.3) is 16.8 Å². The molecule has 134 valence electrons. The van der Waals surface area contributed by atoms with Gasteiger partial charge in [0, 0.05) is 18.7 Å². The van der Waals surface area contributed by atoms with Crippen LogP contribution in [0.2, 0.25) is 0 Å². The quantitative estimate of drug-likeness (QED) is 0.768. The Labute approximate surface area is 151 Å². The lowest BCUT2D eigenvalue weighted by Crippen LogP contribution is -2.39. The highest BCUT2D eigenvalue weighted by Crippen LogP contribution is 2.29. The Bertz CT molecular complexity index is 1020. The topological polar surface area (TPSA) is 72.9 Å². The lowest BCUT2D eigenvalue weighted by Gasteiger charge is -2.29. The first-order valence-corrected chi connectivity index (χ1v) is 8.78. The first kappa shape index (κ1) is 16.6. The molecule has 0 atom stereocenters. The van der Waals surface area contributed by atoms with E-state index in [1.807, 2.05) is 50.2 Å². The van der Waals surface area contributed by atoms with Crippen molar-refractivity contribution in [1.29, 1.82) is 0 Å². The van der Waals surface area contributed by atoms with Gasteiger partial charge in [-0.3, -0.25) is 4.79 Å². The standard InChI is InChI=1S/C20H22N4O2/c1-13-12-16(15-6-4-3-5-7-15)19-22-18(23-8-10-26-11-9-23)14(2)20(25)24(19)17(13)21/h3-7,12H,8-11,21H2,1-2H3. The minimum absolute atomic E-state index is 0.116. The summed E-state index contributed by atoms with van der Waals surface area (Å²) < 4.78 is 6.97. The van der Waals surface area contributed by atoms with E-state index in [0.29, 0.717) is 30.2 Å². The zero-order chi connectivity index (χ0) is 18.3. The minimum Gasteiger partial charge on any atom is -0.384 e. The molecule has 0 amide bonds. The summed E-state index contributed by atoms with van der Waals surface area (Å²) in [7, 11) is 0. The molecule has 0 aliphatic carbocycles. The third kappa shape index (κ3) is 2.63. The number of ether oxygens (including phenoxy) is 1. The number of aromatic nitrogens is 2. The second-order valence-corrected chi connectivity index (χ2v) is 6.62. The summed E-state index contributed by atoms with van der Waals surface area (Å²) in [5, 5.41) is 0. The van der Waals surface area contributed by atoms with Crippen LogP contribution in [-0.4, -0.2) is 35.7 Å². The number of nitrogen functional groups attached to an aromatic ring is 1. The van der Waals surface area contributed by atoms with Gasteiger partial charge in [0.1, 0.15) is 11.6 Å². The lowest BCUT2D eigenvalue weighted by molar-refractivity contribution is 0.122. The molecule has 0 spiro atoms. The summed E-state index contributed by atoms with van der Waals surface area (Å²) in [5.74, 6) is 1.16. The van der Waals surface area contributed by atoms with Crippen LogP contribution in [0.15, 0.2) is 41.2 Å². The van der Waals surface area contributed by atoms with E-state index >= 15 is 0 Å². The molecule has 1 aliphatic rings. The fraction of sp³-hybridized carbons (Fsp3) is 0.300. The molecular weight excluding hydrogens is 328 g/mol. The summed E-state index contributed by atoms with van der Waals surface area (Å²) >= 11 is 0. The van der Waals surface area contributed by atoms with Crippen molar-refractivity contribution in [3.8, 4) is 11.1 Å². The first-order chi connectivity index (χ1) is 12.6. The summed E-state index contributed by atoms with van der Waals surface area (Å²) in [6.07, 6.45) is 0. The predicted octanol–water partition coefficient (Wildman–Crippen LogP) is 2.40. The van der Waals surface area contributed by atoms with Crippen molar-refractivity contribution in [3.63, 3.8) is 0 Å². The van der Waals surface area contributed by atoms with Gasteiger partial charge in [0.15, 0.2) is 5.65 Å². The number of nitrogens with zero attached hydrogens (tertiary/aromatic N) is 3. The molecule has 1 aliphatic heterocycles. The van der Waals surface area contributed by atoms with Crippen molar-refractivity contribution < 1.29 is 4.74 Å². The van der Waals surface area contributed by atoms with Gasteiger partial charge in [-0.25, -0.2) is 9.38 Å². The zero-order valence-electron chi connectivity index (χ0n) is 15.0. The molecule has 0 unspecified atom stereocenters. The normalized spacial score (nSPS) is 14.8. The average molecular weight is 350 g/mol. The van der Waals surface area contributed by atoms with Crippen molar-refractivity contribution in [2.24, 2.45) is 0 Å². The molecule has 0 radical (unpaired) electrons. The first-order valence-electron chi connectivity index (χ1n) is 8.78. The highest BCUT2D eigenvalue weighted by Gasteiger charge is 2.21. The molecule has 1 fully saturated rings. The summed E-state index contributed by atoms with van der Waals surface area (Å²) in [4.78, 5) is 20.1. The van der Waals surface area contributed by atoms with Crippen LogP contribution in [0.3, 0.4) is 0 Å². The van der Waals surface area contributed by atoms with Crippen LogP contribution in [-0.2, 0) is 4.74 Å². The van der Waals surface area contributed by atoms with Crippen LogP contribution in [0.4, 0.5) is 11.6 Å². The van der Waals surface area contributed by atoms with Crippen LogP contribution in [0.1, 0.15) is 11.1 Å². The smallest absolute Gasteiger partial charge is 0.264 e. The van der Waals surface area contributed by atoms with Gasteiger partial charge in [0.2, 0.25) is 0 Å². The number of rotatable bonds is 2. The SMILES string of the molecule is Cc1cc(-c2ccccc2)c2nc(N3CCOCC3)c(C)c(=O)n2c1N. The Morgan fingerprint density at radius 3 is 2.50 bits per heavy atom. The number of hydrogen-bond donors (Lipinski definition) is 1. The summed E-state index contributed by atoms with van der Waals surface area (Å²) in [6.45, 7) is 6.47. The highest BCUT2D eigenvalue weighted by molar-refractivity contribution is 5.81. The van der Waals surface area contributed by atoms with Gasteiger partial charge in [-0.15, -0.1) is 0 Å². The summed E-state index contributed by atoms with van der Waals surface area (Å²) in [5.41, 5.74) is 10.1. The number of anilines is 2. The van der Waals surface area contributed by atoms with Gasteiger partial charge < -0.3 is 15.4 Å². The van der Waals surface area contributed by atoms with Crippen LogP contribution in [0, 0.1) is 13.8 Å². The molecule has 0 saturated carbocycles. The Morgan fingerprint density at radius 1 is 1.12 bits per heavy atom. The van der Waals surface area contributed by atoms with E-state index in [4.69, 9.17) is 15.5 Å². The Hall–Kier alpha value is -2.86. The van der Waals surface area contributed by atoms with Gasteiger partial charge >= 0.3 is 0 Å². The van der Waals surface area contributed by atoms with Crippen molar-refractivity contribution in [1.82, 2.24) is 9.38 Å². The number of fused-ring (bicyclic) bond motifs is 1. The van der Waals surface area contributed by atoms with Gasteiger partial charge in [0.05, 0.1) is 18.8 Å². The Balaban J connectivity index is 2.05. The van der Waals surface area contributed by atoms with E-state index in [9.17, 15) is 4.79 Å². The van der Waals surface area contributed by atoms with Gasteiger partial charge in [-0.1, -0.05) is 30.3 Å². The third-order valence-corrected chi connectivity index (χ3v) is 4.92. The number of benzene rings is 1. The van der Waals surface area contributed by atoms with E-state index in [0.717, 1.165) is 35.6 Å². The maximum absolute atomic E-state index is 13.1. The van der Waals surface area contributed by atoms with Crippen LogP contribution >= 0.6 is 0 Å². The lowest BCUT2D eigenvalue weighted by atomic mass is 10.0. The Kier molecular flexibility index (Phi) is 4.12. The van der Waals surface area contributed by atoms with E-state index in [1.54, 1.807) is 0 Å². The molecule has 2 aromatic heterocycles. The molecule has 3 heterocycles. The number of morpholine rings is 1. The van der Waals surface area contributed by atoms with Crippen molar-refractivity contribution in [2.45, 2.75) is 13.8 Å². The molecule has 1 saturated heterocycles. The van der Waals surface area contributed by atoms with Crippen LogP contribution in [0.5, 0.6) is 0 Å². The number of pyridine rings is 1. The van der Waals surface area contributed by atoms with Gasteiger partial charge in [-0.2, -0.15) is 0 Å². The second kappa shape index (κ2) is 6.46. The fourth-order valence-corrected chi connectivity index (χ4v) is 3.44. The largest absolute Gasteiger partial charge is 0.384 e. The summed E-state index contributed by atoms with van der Waals surface area (Å²) in [6, 6.07) is 12.0. The molecule has 2 N–H and O–H groups in total. The van der Waals surface area contributed by atoms with E-state index in [-0.39, 0.29) is 5.56 Å². The molecule has 1 aromatic carbocycles. The average Bonchev–Trinajstić information content (AvgIpc) is 2.68. The molecule has 6 nitrogen and oxygen atoms in total. The van der Waals surface area contributed by atoms with Crippen LogP contribution < -0.4 is 16.2 Å². The Morgan fingerprint density at radius 2 is 1.81 bits per heavy atom. The van der Waals surface area contributed by atoms with Crippen molar-refractivity contribution in [3.05, 3.63) is 57.9 Å². The molecule has 0 bridgehead atoms.